The summed E-state index contributed by atoms with van der Waals surface area (Å²) in [4.78, 5) is 4.41. The van der Waals surface area contributed by atoms with Crippen LogP contribution in [0.1, 0.15) is 0 Å². The van der Waals surface area contributed by atoms with Crippen molar-refractivity contribution < 1.29 is 18.7 Å². The molecule has 24 heavy (non-hydrogen) atoms. The molecule has 2 aromatic carbocycles. The first kappa shape index (κ1) is 15.7. The number of benzene rings is 2. The predicted molar refractivity (Wildman–Crippen MR) is 89.2 cm³/mol. The minimum absolute atomic E-state index is 0.375. The molecule has 1 heterocycles. The lowest BCUT2D eigenvalue weighted by Crippen LogP contribution is -1.93. The van der Waals surface area contributed by atoms with Gasteiger partial charge in [0.15, 0.2) is 11.5 Å². The molecule has 7 heteroatoms. The number of hydrogen-bond donors (Lipinski definition) is 1. The van der Waals surface area contributed by atoms with Crippen LogP contribution < -0.4 is 19.9 Å². The third-order valence-corrected chi connectivity index (χ3v) is 3.54. The SMILES string of the molecule is COc1ccc(-c2noc(-c3ccc(OC)c(OC)c3)n2)cc1N. The number of anilines is 1. The number of nitrogen functional groups attached to an aromatic ring is 1. The van der Waals surface area contributed by atoms with E-state index in [1.807, 2.05) is 12.1 Å². The smallest absolute Gasteiger partial charge is 0.258 e. The fourth-order valence-electron chi connectivity index (χ4n) is 2.30. The Kier molecular flexibility index (Phi) is 4.24. The van der Waals surface area contributed by atoms with Crippen LogP contribution in [0.25, 0.3) is 22.8 Å². The number of methoxy groups -OCH3 is 3. The van der Waals surface area contributed by atoms with Gasteiger partial charge in [-0.2, -0.15) is 4.98 Å². The van der Waals surface area contributed by atoms with Crippen molar-refractivity contribution in [3.63, 3.8) is 0 Å². The van der Waals surface area contributed by atoms with Crippen LogP contribution in [0.15, 0.2) is 40.9 Å². The number of nitrogens with two attached hydrogens (primary N) is 1. The number of aromatic nitrogens is 2. The van der Waals surface area contributed by atoms with Crippen LogP contribution in [-0.4, -0.2) is 31.5 Å². The molecule has 0 spiro atoms. The molecule has 3 rings (SSSR count). The van der Waals surface area contributed by atoms with Gasteiger partial charge in [0.2, 0.25) is 5.82 Å². The quantitative estimate of drug-likeness (QED) is 0.720. The first-order chi connectivity index (χ1) is 11.7. The molecule has 0 fully saturated rings. The van der Waals surface area contributed by atoms with Crippen LogP contribution in [0.4, 0.5) is 5.69 Å². The van der Waals surface area contributed by atoms with E-state index in [1.54, 1.807) is 45.6 Å². The summed E-state index contributed by atoms with van der Waals surface area (Å²) in [5.74, 6) is 2.63. The van der Waals surface area contributed by atoms with Crippen molar-refractivity contribution in [2.75, 3.05) is 27.1 Å². The molecule has 0 atom stereocenters. The number of rotatable bonds is 5. The fraction of sp³-hybridized carbons (Fsp3) is 0.176. The molecule has 1 aromatic heterocycles. The monoisotopic (exact) mass is 327 g/mol. The molecule has 0 aliphatic carbocycles. The van der Waals surface area contributed by atoms with E-state index in [9.17, 15) is 0 Å². The van der Waals surface area contributed by atoms with Gasteiger partial charge in [-0.25, -0.2) is 0 Å². The van der Waals surface area contributed by atoms with Crippen LogP contribution in [0.5, 0.6) is 17.2 Å². The Labute approximate surface area is 139 Å². The van der Waals surface area contributed by atoms with Gasteiger partial charge < -0.3 is 24.5 Å². The Morgan fingerprint density at radius 1 is 0.833 bits per heavy atom. The van der Waals surface area contributed by atoms with Gasteiger partial charge in [-0.3, -0.25) is 0 Å². The van der Waals surface area contributed by atoms with E-state index in [1.165, 1.54) is 0 Å². The summed E-state index contributed by atoms with van der Waals surface area (Å²) >= 11 is 0. The Balaban J connectivity index is 1.95. The van der Waals surface area contributed by atoms with Crippen LogP contribution in [0.2, 0.25) is 0 Å². The molecular formula is C17H17N3O4. The molecule has 0 saturated carbocycles. The highest BCUT2D eigenvalue weighted by atomic mass is 16.5. The van der Waals surface area contributed by atoms with Crippen LogP contribution in [0, 0.1) is 0 Å². The van der Waals surface area contributed by atoms with E-state index in [-0.39, 0.29) is 0 Å². The van der Waals surface area contributed by atoms with Gasteiger partial charge in [-0.15, -0.1) is 0 Å². The Morgan fingerprint density at radius 3 is 2.17 bits per heavy atom. The molecule has 0 bridgehead atoms. The van der Waals surface area contributed by atoms with Crippen molar-refractivity contribution in [1.82, 2.24) is 10.1 Å². The fourth-order valence-corrected chi connectivity index (χ4v) is 2.30. The lowest BCUT2D eigenvalue weighted by molar-refractivity contribution is 0.355. The zero-order valence-electron chi connectivity index (χ0n) is 13.6. The van der Waals surface area contributed by atoms with Crippen molar-refractivity contribution >= 4 is 5.69 Å². The summed E-state index contributed by atoms with van der Waals surface area (Å²) in [6.07, 6.45) is 0. The summed E-state index contributed by atoms with van der Waals surface area (Å²) in [6, 6.07) is 10.7. The van der Waals surface area contributed by atoms with Gasteiger partial charge >= 0.3 is 0 Å². The second-order valence-corrected chi connectivity index (χ2v) is 4.95. The lowest BCUT2D eigenvalue weighted by Gasteiger charge is -2.07. The first-order valence-electron chi connectivity index (χ1n) is 7.16. The van der Waals surface area contributed by atoms with Gasteiger partial charge in [0.05, 0.1) is 27.0 Å². The molecule has 2 N–H and O–H groups in total. The lowest BCUT2D eigenvalue weighted by atomic mass is 10.1. The molecule has 0 radical (unpaired) electrons. The van der Waals surface area contributed by atoms with Crippen molar-refractivity contribution in [3.8, 4) is 40.1 Å². The van der Waals surface area contributed by atoms with Gasteiger partial charge in [0.25, 0.3) is 5.89 Å². The second-order valence-electron chi connectivity index (χ2n) is 4.95. The minimum atomic E-state index is 0.375. The predicted octanol–water partition coefficient (Wildman–Crippen LogP) is 3.01. The van der Waals surface area contributed by atoms with Crippen molar-refractivity contribution in [2.24, 2.45) is 0 Å². The van der Waals surface area contributed by atoms with Gasteiger partial charge in [0.1, 0.15) is 5.75 Å². The molecule has 0 aliphatic rings. The summed E-state index contributed by atoms with van der Waals surface area (Å²) in [5.41, 5.74) is 7.89. The third-order valence-electron chi connectivity index (χ3n) is 3.54. The maximum Gasteiger partial charge on any atom is 0.258 e. The van der Waals surface area contributed by atoms with Gasteiger partial charge in [-0.05, 0) is 36.4 Å². The topological polar surface area (TPSA) is 92.6 Å². The van der Waals surface area contributed by atoms with E-state index in [0.717, 1.165) is 11.1 Å². The molecule has 0 unspecified atom stereocenters. The van der Waals surface area contributed by atoms with Crippen LogP contribution in [0.3, 0.4) is 0 Å². The standard InChI is InChI=1S/C17H17N3O4/c1-21-13-6-4-10(8-12(13)18)16-19-17(24-20-16)11-5-7-14(22-2)15(9-11)23-3/h4-9H,18H2,1-3H3. The average Bonchev–Trinajstić information content (AvgIpc) is 3.11. The molecule has 0 amide bonds. The van der Waals surface area contributed by atoms with Gasteiger partial charge in [0, 0.05) is 11.1 Å². The molecule has 0 saturated heterocycles. The average molecular weight is 327 g/mol. The third kappa shape index (κ3) is 2.83. The maximum atomic E-state index is 5.92. The Hall–Kier alpha value is -3.22. The Bertz CT molecular complexity index is 861. The summed E-state index contributed by atoms with van der Waals surface area (Å²) in [5, 5.41) is 4.00. The van der Waals surface area contributed by atoms with Crippen LogP contribution in [-0.2, 0) is 0 Å². The van der Waals surface area contributed by atoms with Crippen LogP contribution >= 0.6 is 0 Å². The zero-order valence-corrected chi connectivity index (χ0v) is 13.6. The largest absolute Gasteiger partial charge is 0.495 e. The van der Waals surface area contributed by atoms with Crippen molar-refractivity contribution in [3.05, 3.63) is 36.4 Å². The normalized spacial score (nSPS) is 10.5. The van der Waals surface area contributed by atoms with E-state index in [0.29, 0.717) is 34.7 Å². The number of nitrogens with zero attached hydrogens (tertiary/aromatic N) is 2. The van der Waals surface area contributed by atoms with E-state index < -0.39 is 0 Å². The molecule has 124 valence electrons. The van der Waals surface area contributed by atoms with Gasteiger partial charge in [-0.1, -0.05) is 5.16 Å². The van der Waals surface area contributed by atoms with Crippen molar-refractivity contribution in [2.45, 2.75) is 0 Å². The van der Waals surface area contributed by atoms with E-state index in [4.69, 9.17) is 24.5 Å². The highest BCUT2D eigenvalue weighted by Crippen LogP contribution is 2.33. The number of hydrogen-bond acceptors (Lipinski definition) is 7. The van der Waals surface area contributed by atoms with E-state index in [2.05, 4.69) is 10.1 Å². The highest BCUT2D eigenvalue weighted by Gasteiger charge is 2.14. The minimum Gasteiger partial charge on any atom is -0.495 e. The van der Waals surface area contributed by atoms with Crippen molar-refractivity contribution in [1.29, 1.82) is 0 Å². The first-order valence-corrected chi connectivity index (χ1v) is 7.16. The molecule has 3 aromatic rings. The number of ether oxygens (including phenoxy) is 3. The summed E-state index contributed by atoms with van der Waals surface area (Å²) < 4.78 is 21.0. The second kappa shape index (κ2) is 6.49. The Morgan fingerprint density at radius 2 is 1.50 bits per heavy atom. The molecule has 0 aliphatic heterocycles. The van der Waals surface area contributed by atoms with E-state index >= 15 is 0 Å². The molecule has 7 nitrogen and oxygen atoms in total. The highest BCUT2D eigenvalue weighted by molar-refractivity contribution is 5.68. The summed E-state index contributed by atoms with van der Waals surface area (Å²) in [7, 11) is 4.71. The molecular weight excluding hydrogens is 310 g/mol. The zero-order chi connectivity index (χ0) is 17.1. The maximum absolute atomic E-state index is 5.92. The summed E-state index contributed by atoms with van der Waals surface area (Å²) in [6.45, 7) is 0.